The van der Waals surface area contributed by atoms with Crippen LogP contribution >= 0.6 is 15.9 Å². The molecule has 2 saturated carbocycles. The summed E-state index contributed by atoms with van der Waals surface area (Å²) in [5.41, 5.74) is 5.60. The van der Waals surface area contributed by atoms with Gasteiger partial charge in [-0.25, -0.2) is 4.98 Å². The average molecular weight is 398 g/mol. The number of carbonyl (C=O) groups is 2. The highest BCUT2D eigenvalue weighted by molar-refractivity contribution is 9.10. The van der Waals surface area contributed by atoms with Crippen LogP contribution in [0.5, 0.6) is 5.88 Å². The minimum atomic E-state index is -0.642. The fraction of sp³-hybridized carbons (Fsp3) is 0.588. The minimum absolute atomic E-state index is 0. The molecule has 3 N–H and O–H groups in total. The monoisotopic (exact) mass is 397 g/mol. The van der Waals surface area contributed by atoms with Crippen LogP contribution in [0.2, 0.25) is 0 Å². The van der Waals surface area contributed by atoms with Crippen LogP contribution in [0, 0.1) is 11.8 Å². The molecule has 2 fully saturated rings. The molecule has 6 nitrogen and oxygen atoms in total. The van der Waals surface area contributed by atoms with Crippen molar-refractivity contribution in [3.63, 3.8) is 0 Å². The van der Waals surface area contributed by atoms with E-state index in [9.17, 15) is 9.59 Å². The summed E-state index contributed by atoms with van der Waals surface area (Å²) in [5.74, 6) is 0.579. The van der Waals surface area contributed by atoms with E-state index in [4.69, 9.17) is 10.5 Å². The number of halogens is 1. The smallest absolute Gasteiger partial charge is 0.270 e. The number of hydrogen-bond acceptors (Lipinski definition) is 4. The topological polar surface area (TPSA) is 94.3 Å². The third kappa shape index (κ3) is 5.19. The number of carbonyl (C=O) groups excluding carboxylic acids is 2. The third-order valence-corrected chi connectivity index (χ3v) is 4.72. The maximum atomic E-state index is 12.3. The number of hydrogen-bond donors (Lipinski definition) is 2. The zero-order chi connectivity index (χ0) is 16.4. The molecule has 1 aromatic heterocycles. The van der Waals surface area contributed by atoms with Crippen molar-refractivity contribution in [2.75, 3.05) is 6.61 Å². The van der Waals surface area contributed by atoms with E-state index in [0.29, 0.717) is 35.2 Å². The minimum Gasteiger partial charge on any atom is -0.477 e. The fourth-order valence-corrected chi connectivity index (χ4v) is 2.63. The molecule has 1 heterocycles. The molecule has 1 atom stereocenters. The number of pyridine rings is 1. The number of primary amides is 1. The van der Waals surface area contributed by atoms with Gasteiger partial charge in [0.05, 0.1) is 11.1 Å². The van der Waals surface area contributed by atoms with Crippen LogP contribution in [-0.4, -0.2) is 29.4 Å². The normalized spacial score (nSPS) is 17.5. The second-order valence-electron chi connectivity index (χ2n) is 6.35. The second-order valence-corrected chi connectivity index (χ2v) is 7.20. The summed E-state index contributed by atoms with van der Waals surface area (Å²) in [6.07, 6.45) is 5.14. The van der Waals surface area contributed by atoms with Gasteiger partial charge in [0.15, 0.2) is 0 Å². The molecule has 0 unspecified atom stereocenters. The van der Waals surface area contributed by atoms with E-state index in [1.54, 1.807) is 12.1 Å². The number of rotatable bonds is 8. The highest BCUT2D eigenvalue weighted by atomic mass is 79.9. The summed E-state index contributed by atoms with van der Waals surface area (Å²) < 4.78 is 6.36. The Balaban J connectivity index is 0.00000208. The van der Waals surface area contributed by atoms with Gasteiger partial charge in [0.1, 0.15) is 11.7 Å². The summed E-state index contributed by atoms with van der Waals surface area (Å²) in [4.78, 5) is 28.1. The van der Waals surface area contributed by atoms with Crippen molar-refractivity contribution in [3.05, 3.63) is 22.3 Å². The molecule has 0 saturated heterocycles. The Bertz CT molecular complexity index is 615. The number of aromatic nitrogens is 1. The fourth-order valence-electron chi connectivity index (χ4n) is 2.30. The molecule has 0 spiro atoms. The highest BCUT2D eigenvalue weighted by Crippen LogP contribution is 2.33. The lowest BCUT2D eigenvalue weighted by Crippen LogP contribution is -2.45. The van der Waals surface area contributed by atoms with E-state index in [2.05, 4.69) is 26.2 Å². The van der Waals surface area contributed by atoms with Gasteiger partial charge in [0, 0.05) is 0 Å². The summed E-state index contributed by atoms with van der Waals surface area (Å²) >= 11 is 3.37. The van der Waals surface area contributed by atoms with Crippen molar-refractivity contribution in [1.29, 1.82) is 0 Å². The summed E-state index contributed by atoms with van der Waals surface area (Å²) in [7, 11) is 0. The van der Waals surface area contributed by atoms with Gasteiger partial charge in [-0.15, -0.1) is 0 Å². The Kier molecular flexibility index (Phi) is 6.21. The zero-order valence-electron chi connectivity index (χ0n) is 12.8. The Hall–Kier alpha value is -1.63. The van der Waals surface area contributed by atoms with E-state index >= 15 is 0 Å². The van der Waals surface area contributed by atoms with Gasteiger partial charge in [-0.1, -0.05) is 20.3 Å². The van der Waals surface area contributed by atoms with Gasteiger partial charge in [-0.2, -0.15) is 0 Å². The Labute approximate surface area is 150 Å². The lowest BCUT2D eigenvalue weighted by atomic mass is 10.1. The number of amides is 2. The van der Waals surface area contributed by atoms with Crippen molar-refractivity contribution in [1.82, 2.24) is 10.3 Å². The van der Waals surface area contributed by atoms with Crippen LogP contribution < -0.4 is 15.8 Å². The molecule has 7 heteroatoms. The van der Waals surface area contributed by atoms with Crippen LogP contribution in [0.25, 0.3) is 0 Å². The molecule has 0 aliphatic heterocycles. The van der Waals surface area contributed by atoms with Gasteiger partial charge < -0.3 is 15.8 Å². The lowest BCUT2D eigenvalue weighted by Gasteiger charge is -2.15. The summed E-state index contributed by atoms with van der Waals surface area (Å²) in [6.45, 7) is 0.613. The molecular weight excluding hydrogens is 374 g/mol. The van der Waals surface area contributed by atoms with Crippen molar-refractivity contribution >= 4 is 27.7 Å². The van der Waals surface area contributed by atoms with Gasteiger partial charge >= 0.3 is 0 Å². The first-order chi connectivity index (χ1) is 11.0. The van der Waals surface area contributed by atoms with E-state index in [-0.39, 0.29) is 13.1 Å². The second kappa shape index (κ2) is 7.96. The molecule has 0 bridgehead atoms. The Morgan fingerprint density at radius 3 is 2.54 bits per heavy atom. The van der Waals surface area contributed by atoms with Crippen molar-refractivity contribution in [3.8, 4) is 5.88 Å². The van der Waals surface area contributed by atoms with Crippen molar-refractivity contribution < 1.29 is 14.3 Å². The zero-order valence-corrected chi connectivity index (χ0v) is 14.3. The van der Waals surface area contributed by atoms with Crippen molar-refractivity contribution in [2.24, 2.45) is 17.6 Å². The van der Waals surface area contributed by atoms with Crippen LogP contribution in [0.3, 0.4) is 0 Å². The van der Waals surface area contributed by atoms with Crippen LogP contribution in [0.4, 0.5) is 0 Å². The van der Waals surface area contributed by atoms with Crippen LogP contribution in [0.15, 0.2) is 16.6 Å². The lowest BCUT2D eigenvalue weighted by molar-refractivity contribution is -0.120. The quantitative estimate of drug-likeness (QED) is 0.704. The summed E-state index contributed by atoms with van der Waals surface area (Å²) in [5, 5.41) is 2.68. The Morgan fingerprint density at radius 1 is 1.29 bits per heavy atom. The van der Waals surface area contributed by atoms with Crippen LogP contribution in [-0.2, 0) is 4.79 Å². The maximum absolute atomic E-state index is 12.3. The molecule has 2 aliphatic rings. The number of nitrogens with one attached hydrogen (secondary N) is 1. The maximum Gasteiger partial charge on any atom is 0.270 e. The molecule has 0 aromatic carbocycles. The first-order valence-corrected chi connectivity index (χ1v) is 8.71. The van der Waals surface area contributed by atoms with Gasteiger partial charge in [-0.3, -0.25) is 9.59 Å². The predicted octanol–water partition coefficient (Wildman–Crippen LogP) is 2.65. The molecule has 3 rings (SSSR count). The standard InChI is InChI=1S/C16H20BrN3O3.CH4/c17-11-5-6-12(20-16(11)23-8-10-3-4-10)15(22)19-13(14(18)21)7-9-1-2-9;/h5-6,9-10,13H,1-4,7-8H2,(H2,18,21)(H,19,22);1H4/t13-;/m0./s1. The van der Waals surface area contributed by atoms with Gasteiger partial charge in [0.25, 0.3) is 5.91 Å². The first-order valence-electron chi connectivity index (χ1n) is 7.92. The number of nitrogens with zero attached hydrogens (tertiary/aromatic N) is 1. The van der Waals surface area contributed by atoms with Crippen molar-refractivity contribution in [2.45, 2.75) is 45.6 Å². The largest absolute Gasteiger partial charge is 0.477 e. The molecule has 24 heavy (non-hydrogen) atoms. The van der Waals surface area contributed by atoms with Gasteiger partial charge in [-0.05, 0) is 59.2 Å². The molecule has 0 radical (unpaired) electrons. The molecular formula is C17H24BrN3O3. The number of ether oxygens (including phenoxy) is 1. The Morgan fingerprint density at radius 2 is 1.96 bits per heavy atom. The average Bonchev–Trinajstić information content (AvgIpc) is 3.40. The van der Waals surface area contributed by atoms with E-state index in [1.807, 2.05) is 0 Å². The number of nitrogens with two attached hydrogens (primary N) is 1. The van der Waals surface area contributed by atoms with E-state index < -0.39 is 17.9 Å². The highest BCUT2D eigenvalue weighted by Gasteiger charge is 2.30. The first kappa shape index (κ1) is 18.7. The third-order valence-electron chi connectivity index (χ3n) is 4.11. The van der Waals surface area contributed by atoms with E-state index in [1.165, 1.54) is 12.8 Å². The van der Waals surface area contributed by atoms with Gasteiger partial charge in [0.2, 0.25) is 11.8 Å². The molecule has 2 aliphatic carbocycles. The molecule has 1 aromatic rings. The SMILES string of the molecule is C.NC(=O)[C@H](CC1CC1)NC(=O)c1ccc(Br)c(OCC2CC2)n1. The molecule has 2 amide bonds. The van der Waals surface area contributed by atoms with E-state index in [0.717, 1.165) is 12.8 Å². The predicted molar refractivity (Wildman–Crippen MR) is 94.7 cm³/mol. The molecule has 132 valence electrons. The van der Waals surface area contributed by atoms with Crippen LogP contribution in [0.1, 0.15) is 50.0 Å². The summed E-state index contributed by atoms with van der Waals surface area (Å²) in [6, 6.07) is 2.68.